The summed E-state index contributed by atoms with van der Waals surface area (Å²) in [6.07, 6.45) is 1.25. The summed E-state index contributed by atoms with van der Waals surface area (Å²) in [6.45, 7) is 12.3. The first-order valence-electron chi connectivity index (χ1n) is 6.98. The lowest BCUT2D eigenvalue weighted by atomic mass is 9.85. The van der Waals surface area contributed by atoms with Gasteiger partial charge in [-0.05, 0) is 39.0 Å². The van der Waals surface area contributed by atoms with Crippen LogP contribution < -0.4 is 5.73 Å². The van der Waals surface area contributed by atoms with Crippen molar-refractivity contribution >= 4 is 5.97 Å². The average molecular weight is 256 g/mol. The fourth-order valence-electron chi connectivity index (χ4n) is 2.82. The van der Waals surface area contributed by atoms with Crippen molar-refractivity contribution in [2.24, 2.45) is 17.6 Å². The minimum Gasteiger partial charge on any atom is -0.465 e. The van der Waals surface area contributed by atoms with Crippen LogP contribution in [0.15, 0.2) is 0 Å². The van der Waals surface area contributed by atoms with Crippen LogP contribution in [0.1, 0.15) is 41.0 Å². The molecule has 4 nitrogen and oxygen atoms in total. The van der Waals surface area contributed by atoms with Gasteiger partial charge in [-0.2, -0.15) is 0 Å². The van der Waals surface area contributed by atoms with Gasteiger partial charge in [0.2, 0.25) is 0 Å². The van der Waals surface area contributed by atoms with Gasteiger partial charge in [0.1, 0.15) is 5.54 Å². The van der Waals surface area contributed by atoms with Crippen LogP contribution in [0.4, 0.5) is 0 Å². The number of nitrogens with zero attached hydrogens (tertiary/aromatic N) is 1. The fraction of sp³-hybridized carbons (Fsp3) is 0.929. The van der Waals surface area contributed by atoms with Crippen molar-refractivity contribution in [2.45, 2.75) is 52.6 Å². The molecule has 4 heteroatoms. The number of carbonyl (C=O) groups excluding carboxylic acids is 1. The zero-order chi connectivity index (χ0) is 13.9. The van der Waals surface area contributed by atoms with Gasteiger partial charge < -0.3 is 10.5 Å². The Kier molecular flexibility index (Phi) is 5.17. The van der Waals surface area contributed by atoms with Crippen molar-refractivity contribution in [3.05, 3.63) is 0 Å². The molecule has 1 aliphatic heterocycles. The third kappa shape index (κ3) is 3.69. The molecule has 0 bridgehead atoms. The molecular weight excluding hydrogens is 228 g/mol. The first-order chi connectivity index (χ1) is 8.27. The smallest absolute Gasteiger partial charge is 0.327 e. The SMILES string of the molecule is CCOC(=O)C(C)(N)CN1CC(C)CC(C)C1C. The van der Waals surface area contributed by atoms with E-state index in [-0.39, 0.29) is 5.97 Å². The molecule has 106 valence electrons. The number of hydrogen-bond donors (Lipinski definition) is 1. The Morgan fingerprint density at radius 1 is 1.44 bits per heavy atom. The van der Waals surface area contributed by atoms with Crippen molar-refractivity contribution in [1.29, 1.82) is 0 Å². The lowest BCUT2D eigenvalue weighted by Gasteiger charge is -2.43. The number of nitrogens with two attached hydrogens (primary N) is 1. The highest BCUT2D eigenvalue weighted by atomic mass is 16.5. The molecule has 4 atom stereocenters. The van der Waals surface area contributed by atoms with Crippen LogP contribution in [-0.4, -0.2) is 42.1 Å². The molecule has 2 N–H and O–H groups in total. The Morgan fingerprint density at radius 2 is 2.06 bits per heavy atom. The molecule has 1 fully saturated rings. The Bertz CT molecular complexity index is 292. The lowest BCUT2D eigenvalue weighted by molar-refractivity contribution is -0.150. The molecule has 0 saturated carbocycles. The van der Waals surface area contributed by atoms with Crippen molar-refractivity contribution in [2.75, 3.05) is 19.7 Å². The molecule has 1 saturated heterocycles. The van der Waals surface area contributed by atoms with E-state index in [0.29, 0.717) is 31.0 Å². The number of carbonyl (C=O) groups is 1. The summed E-state index contributed by atoms with van der Waals surface area (Å²) in [4.78, 5) is 14.2. The van der Waals surface area contributed by atoms with E-state index in [0.717, 1.165) is 6.54 Å². The van der Waals surface area contributed by atoms with E-state index in [1.807, 2.05) is 6.92 Å². The Morgan fingerprint density at radius 3 is 2.61 bits per heavy atom. The molecule has 0 aromatic heterocycles. The van der Waals surface area contributed by atoms with Crippen LogP contribution in [-0.2, 0) is 9.53 Å². The van der Waals surface area contributed by atoms with E-state index in [4.69, 9.17) is 10.5 Å². The second-order valence-electron chi connectivity index (χ2n) is 6.13. The Hall–Kier alpha value is -0.610. The molecule has 4 unspecified atom stereocenters. The number of piperidine rings is 1. The van der Waals surface area contributed by atoms with E-state index in [1.165, 1.54) is 6.42 Å². The van der Waals surface area contributed by atoms with Crippen LogP contribution in [0.3, 0.4) is 0 Å². The summed E-state index contributed by atoms with van der Waals surface area (Å²) in [6, 6.07) is 0.471. The first kappa shape index (κ1) is 15.4. The van der Waals surface area contributed by atoms with E-state index in [2.05, 4.69) is 25.7 Å². The van der Waals surface area contributed by atoms with Crippen LogP contribution >= 0.6 is 0 Å². The van der Waals surface area contributed by atoms with Crippen LogP contribution in [0, 0.1) is 11.8 Å². The summed E-state index contributed by atoms with van der Waals surface area (Å²) >= 11 is 0. The third-order valence-corrected chi connectivity index (χ3v) is 3.99. The highest BCUT2D eigenvalue weighted by Gasteiger charge is 2.37. The summed E-state index contributed by atoms with van der Waals surface area (Å²) in [5, 5.41) is 0. The van der Waals surface area contributed by atoms with Gasteiger partial charge in [-0.15, -0.1) is 0 Å². The van der Waals surface area contributed by atoms with E-state index < -0.39 is 5.54 Å². The molecule has 18 heavy (non-hydrogen) atoms. The Balaban J connectivity index is 2.67. The van der Waals surface area contributed by atoms with E-state index >= 15 is 0 Å². The van der Waals surface area contributed by atoms with Gasteiger partial charge in [0, 0.05) is 19.1 Å². The van der Waals surface area contributed by atoms with Gasteiger partial charge in [0.25, 0.3) is 0 Å². The summed E-state index contributed by atoms with van der Waals surface area (Å²) < 4.78 is 5.05. The highest BCUT2D eigenvalue weighted by Crippen LogP contribution is 2.27. The molecule has 0 aliphatic carbocycles. The largest absolute Gasteiger partial charge is 0.465 e. The van der Waals surface area contributed by atoms with E-state index in [9.17, 15) is 4.79 Å². The fourth-order valence-corrected chi connectivity index (χ4v) is 2.82. The van der Waals surface area contributed by atoms with Gasteiger partial charge in [0.15, 0.2) is 0 Å². The number of esters is 1. The summed E-state index contributed by atoms with van der Waals surface area (Å²) in [7, 11) is 0. The monoisotopic (exact) mass is 256 g/mol. The topological polar surface area (TPSA) is 55.6 Å². The maximum Gasteiger partial charge on any atom is 0.327 e. The van der Waals surface area contributed by atoms with Crippen molar-refractivity contribution in [3.8, 4) is 0 Å². The van der Waals surface area contributed by atoms with Gasteiger partial charge in [0.05, 0.1) is 6.61 Å². The number of likely N-dealkylation sites (tertiary alicyclic amines) is 1. The summed E-state index contributed by atoms with van der Waals surface area (Å²) in [5.41, 5.74) is 5.20. The van der Waals surface area contributed by atoms with Crippen molar-refractivity contribution in [3.63, 3.8) is 0 Å². The molecule has 1 aliphatic rings. The zero-order valence-corrected chi connectivity index (χ0v) is 12.4. The molecule has 0 amide bonds. The number of ether oxygens (including phenoxy) is 1. The predicted octanol–water partition coefficient (Wildman–Crippen LogP) is 1.63. The molecule has 0 aromatic rings. The number of rotatable bonds is 4. The van der Waals surface area contributed by atoms with Crippen LogP contribution in [0.5, 0.6) is 0 Å². The normalized spacial score (nSPS) is 32.9. The van der Waals surface area contributed by atoms with Crippen LogP contribution in [0.2, 0.25) is 0 Å². The van der Waals surface area contributed by atoms with Crippen molar-refractivity contribution < 1.29 is 9.53 Å². The lowest BCUT2D eigenvalue weighted by Crippen LogP contribution is -2.59. The second-order valence-corrected chi connectivity index (χ2v) is 6.13. The second kappa shape index (κ2) is 6.02. The molecule has 0 aromatic carbocycles. The molecule has 0 radical (unpaired) electrons. The third-order valence-electron chi connectivity index (χ3n) is 3.99. The highest BCUT2D eigenvalue weighted by molar-refractivity contribution is 5.80. The van der Waals surface area contributed by atoms with Gasteiger partial charge in [-0.3, -0.25) is 9.69 Å². The van der Waals surface area contributed by atoms with E-state index in [1.54, 1.807) is 6.92 Å². The minimum atomic E-state index is -0.916. The van der Waals surface area contributed by atoms with Crippen LogP contribution in [0.25, 0.3) is 0 Å². The molecule has 0 spiro atoms. The Labute approximate surface area is 111 Å². The van der Waals surface area contributed by atoms with Gasteiger partial charge in [-0.25, -0.2) is 0 Å². The quantitative estimate of drug-likeness (QED) is 0.777. The molecule has 1 heterocycles. The van der Waals surface area contributed by atoms with Crippen molar-refractivity contribution in [1.82, 2.24) is 4.90 Å². The zero-order valence-electron chi connectivity index (χ0n) is 12.4. The maximum absolute atomic E-state index is 11.8. The summed E-state index contributed by atoms with van der Waals surface area (Å²) in [5.74, 6) is 1.00. The first-order valence-corrected chi connectivity index (χ1v) is 6.98. The number of hydrogen-bond acceptors (Lipinski definition) is 4. The average Bonchev–Trinajstić information content (AvgIpc) is 2.25. The predicted molar refractivity (Wildman–Crippen MR) is 73.2 cm³/mol. The standard InChI is InChI=1S/C14H28N2O2/c1-6-18-13(17)14(5,15)9-16-8-10(2)7-11(3)12(16)4/h10-12H,6-9,15H2,1-5H3. The molecular formula is C14H28N2O2. The molecule has 1 rings (SSSR count). The van der Waals surface area contributed by atoms with Gasteiger partial charge >= 0.3 is 5.97 Å². The van der Waals surface area contributed by atoms with Gasteiger partial charge in [-0.1, -0.05) is 13.8 Å². The maximum atomic E-state index is 11.8. The minimum absolute atomic E-state index is 0.303.